The number of para-hydroxylation sites is 1. The van der Waals surface area contributed by atoms with Gasteiger partial charge in [0, 0.05) is 12.0 Å². The summed E-state index contributed by atoms with van der Waals surface area (Å²) in [6.45, 7) is 0. The van der Waals surface area contributed by atoms with Gasteiger partial charge in [0.1, 0.15) is 11.6 Å². The summed E-state index contributed by atoms with van der Waals surface area (Å²) in [5.74, 6) is -0.229. The Hall–Kier alpha value is -1.87. The van der Waals surface area contributed by atoms with Crippen LogP contribution in [0, 0.1) is 5.82 Å². The molecule has 0 radical (unpaired) electrons. The monoisotopic (exact) mass is 232 g/mol. The summed E-state index contributed by atoms with van der Waals surface area (Å²) in [7, 11) is 0. The first-order chi connectivity index (χ1) is 8.16. The molecule has 0 aliphatic rings. The molecule has 2 N–H and O–H groups in total. The minimum atomic E-state index is -0.790. The summed E-state index contributed by atoms with van der Waals surface area (Å²) < 4.78 is 12.7. The van der Waals surface area contributed by atoms with Crippen molar-refractivity contribution in [3.05, 3.63) is 65.5 Å². The average molecular weight is 232 g/mol. The predicted molar refractivity (Wildman–Crippen MR) is 63.2 cm³/mol. The van der Waals surface area contributed by atoms with Crippen LogP contribution in [0.15, 0.2) is 48.5 Å². The van der Waals surface area contributed by atoms with Crippen molar-refractivity contribution in [2.75, 3.05) is 0 Å². The van der Waals surface area contributed by atoms with Gasteiger partial charge in [0.2, 0.25) is 0 Å². The summed E-state index contributed by atoms with van der Waals surface area (Å²) in [6, 6.07) is 12.6. The number of hydrogen-bond acceptors (Lipinski definition) is 2. The normalized spacial score (nSPS) is 12.4. The molecule has 0 fully saturated rings. The molecule has 88 valence electrons. The number of rotatable bonds is 3. The smallest absolute Gasteiger partial charge is 0.123 e. The van der Waals surface area contributed by atoms with Gasteiger partial charge in [-0.25, -0.2) is 4.39 Å². The topological polar surface area (TPSA) is 40.5 Å². The molecule has 1 atom stereocenters. The first kappa shape index (κ1) is 11.6. The van der Waals surface area contributed by atoms with Gasteiger partial charge in [-0.1, -0.05) is 30.3 Å². The fourth-order valence-electron chi connectivity index (χ4n) is 1.72. The summed E-state index contributed by atoms with van der Waals surface area (Å²) in [4.78, 5) is 0. The third-order valence-corrected chi connectivity index (χ3v) is 2.64. The molecule has 2 rings (SSSR count). The first-order valence-electron chi connectivity index (χ1n) is 5.37. The van der Waals surface area contributed by atoms with E-state index in [1.165, 1.54) is 18.2 Å². The van der Waals surface area contributed by atoms with Gasteiger partial charge in [-0.15, -0.1) is 0 Å². The third kappa shape index (κ3) is 2.82. The highest BCUT2D eigenvalue weighted by Crippen LogP contribution is 2.26. The van der Waals surface area contributed by atoms with Gasteiger partial charge in [-0.2, -0.15) is 0 Å². The third-order valence-electron chi connectivity index (χ3n) is 2.64. The summed E-state index contributed by atoms with van der Waals surface area (Å²) in [5.41, 5.74) is 1.30. The SMILES string of the molecule is Oc1ccccc1[C@H](O)Cc1ccc(F)cc1. The van der Waals surface area contributed by atoms with Crippen molar-refractivity contribution in [1.29, 1.82) is 0 Å². The zero-order valence-corrected chi connectivity index (χ0v) is 9.18. The number of benzene rings is 2. The van der Waals surface area contributed by atoms with Crippen LogP contribution in [-0.2, 0) is 6.42 Å². The van der Waals surface area contributed by atoms with Crippen molar-refractivity contribution < 1.29 is 14.6 Å². The molecule has 3 heteroatoms. The summed E-state index contributed by atoms with van der Waals surface area (Å²) in [5, 5.41) is 19.6. The Labute approximate surface area is 99.0 Å². The Morgan fingerprint density at radius 3 is 2.29 bits per heavy atom. The van der Waals surface area contributed by atoms with Crippen molar-refractivity contribution in [1.82, 2.24) is 0 Å². The molecular weight excluding hydrogens is 219 g/mol. The van der Waals surface area contributed by atoms with E-state index in [0.29, 0.717) is 12.0 Å². The van der Waals surface area contributed by atoms with Crippen LogP contribution >= 0.6 is 0 Å². The lowest BCUT2D eigenvalue weighted by Crippen LogP contribution is -2.02. The fourth-order valence-corrected chi connectivity index (χ4v) is 1.72. The van der Waals surface area contributed by atoms with E-state index in [1.807, 2.05) is 0 Å². The molecule has 0 bridgehead atoms. The van der Waals surface area contributed by atoms with Crippen LogP contribution in [0.25, 0.3) is 0 Å². The molecule has 2 aromatic rings. The van der Waals surface area contributed by atoms with Crippen LogP contribution in [0.5, 0.6) is 5.75 Å². The summed E-state index contributed by atoms with van der Waals surface area (Å²) >= 11 is 0. The highest BCUT2D eigenvalue weighted by molar-refractivity contribution is 5.34. The quantitative estimate of drug-likeness (QED) is 0.854. The van der Waals surface area contributed by atoms with E-state index in [0.717, 1.165) is 5.56 Å². The van der Waals surface area contributed by atoms with Crippen LogP contribution in [0.2, 0.25) is 0 Å². The molecule has 0 aromatic heterocycles. The summed E-state index contributed by atoms with van der Waals surface area (Å²) in [6.07, 6.45) is -0.445. The largest absolute Gasteiger partial charge is 0.508 e. The number of aromatic hydroxyl groups is 1. The van der Waals surface area contributed by atoms with E-state index in [1.54, 1.807) is 30.3 Å². The molecule has 0 saturated heterocycles. The van der Waals surface area contributed by atoms with Crippen molar-refractivity contribution in [2.45, 2.75) is 12.5 Å². The number of phenols is 1. The minimum Gasteiger partial charge on any atom is -0.508 e. The van der Waals surface area contributed by atoms with Crippen LogP contribution in [0.3, 0.4) is 0 Å². The highest BCUT2D eigenvalue weighted by Gasteiger charge is 2.12. The van der Waals surface area contributed by atoms with Crippen LogP contribution in [0.1, 0.15) is 17.2 Å². The second-order valence-corrected chi connectivity index (χ2v) is 3.91. The maximum Gasteiger partial charge on any atom is 0.123 e. The fraction of sp³-hybridized carbons (Fsp3) is 0.143. The number of halogens is 1. The Bertz CT molecular complexity index is 494. The number of hydrogen-bond donors (Lipinski definition) is 2. The lowest BCUT2D eigenvalue weighted by atomic mass is 10.0. The van der Waals surface area contributed by atoms with Crippen molar-refractivity contribution in [3.63, 3.8) is 0 Å². The van der Waals surface area contributed by atoms with Gasteiger partial charge in [0.15, 0.2) is 0 Å². The van der Waals surface area contributed by atoms with Gasteiger partial charge in [-0.3, -0.25) is 0 Å². The van der Waals surface area contributed by atoms with Crippen molar-refractivity contribution in [2.24, 2.45) is 0 Å². The maximum absolute atomic E-state index is 12.7. The van der Waals surface area contributed by atoms with E-state index in [2.05, 4.69) is 0 Å². The molecule has 17 heavy (non-hydrogen) atoms. The lowest BCUT2D eigenvalue weighted by molar-refractivity contribution is 0.174. The molecule has 2 aromatic carbocycles. The lowest BCUT2D eigenvalue weighted by Gasteiger charge is -2.12. The molecule has 0 heterocycles. The van der Waals surface area contributed by atoms with Gasteiger partial charge in [0.05, 0.1) is 6.10 Å². The first-order valence-corrected chi connectivity index (χ1v) is 5.37. The van der Waals surface area contributed by atoms with E-state index in [9.17, 15) is 14.6 Å². The maximum atomic E-state index is 12.7. The molecule has 0 aliphatic carbocycles. The molecule has 2 nitrogen and oxygen atoms in total. The standard InChI is InChI=1S/C14H13FO2/c15-11-7-5-10(6-8-11)9-14(17)12-3-1-2-4-13(12)16/h1-8,14,16-17H,9H2/t14-/m1/s1. The van der Waals surface area contributed by atoms with Crippen LogP contribution in [-0.4, -0.2) is 10.2 Å². The molecule has 0 amide bonds. The minimum absolute atomic E-state index is 0.0714. The number of aliphatic hydroxyl groups excluding tert-OH is 1. The zero-order chi connectivity index (χ0) is 12.3. The van der Waals surface area contributed by atoms with Gasteiger partial charge in [-0.05, 0) is 23.8 Å². The Kier molecular flexibility index (Phi) is 3.40. The Balaban J connectivity index is 2.14. The molecule has 0 aliphatic heterocycles. The number of phenolic OH excluding ortho intramolecular Hbond substituents is 1. The van der Waals surface area contributed by atoms with E-state index >= 15 is 0 Å². The number of aliphatic hydroxyl groups is 1. The van der Waals surface area contributed by atoms with E-state index < -0.39 is 6.10 Å². The second-order valence-electron chi connectivity index (χ2n) is 3.91. The van der Waals surface area contributed by atoms with Gasteiger partial charge in [0.25, 0.3) is 0 Å². The second kappa shape index (κ2) is 4.97. The van der Waals surface area contributed by atoms with Crippen molar-refractivity contribution in [3.8, 4) is 5.75 Å². The van der Waals surface area contributed by atoms with Gasteiger partial charge < -0.3 is 10.2 Å². The van der Waals surface area contributed by atoms with E-state index in [-0.39, 0.29) is 11.6 Å². The molecule has 0 saturated carbocycles. The molecule has 0 unspecified atom stereocenters. The van der Waals surface area contributed by atoms with Gasteiger partial charge >= 0.3 is 0 Å². The average Bonchev–Trinajstić information content (AvgIpc) is 2.32. The van der Waals surface area contributed by atoms with Crippen LogP contribution in [0.4, 0.5) is 4.39 Å². The highest BCUT2D eigenvalue weighted by atomic mass is 19.1. The Morgan fingerprint density at radius 2 is 1.65 bits per heavy atom. The predicted octanol–water partition coefficient (Wildman–Crippen LogP) is 2.81. The van der Waals surface area contributed by atoms with E-state index in [4.69, 9.17) is 0 Å². The van der Waals surface area contributed by atoms with Crippen molar-refractivity contribution >= 4 is 0 Å². The van der Waals surface area contributed by atoms with Crippen LogP contribution < -0.4 is 0 Å². The Morgan fingerprint density at radius 1 is 1.00 bits per heavy atom. The molecule has 0 spiro atoms. The zero-order valence-electron chi connectivity index (χ0n) is 9.18. The molecular formula is C14H13FO2.